The molecule has 4 aliphatic rings. The third kappa shape index (κ3) is 2.14. The average Bonchev–Trinajstić information content (AvgIpc) is 3.05. The van der Waals surface area contributed by atoms with Crippen LogP contribution < -0.4 is 4.90 Å². The number of imide groups is 1. The number of aliphatic hydroxyl groups excluding tert-OH is 1. The highest BCUT2D eigenvalue weighted by atomic mass is 35.5. The van der Waals surface area contributed by atoms with Crippen LogP contribution in [0, 0.1) is 11.8 Å². The number of hydrogen-bond acceptors (Lipinski definition) is 3. The standard InChI is InChI=1S/C26H20ClNO3/c1-14(29)26-19-8-4-2-6-17(19)21(18-7-3-5-9-20(18)26)22-23(26)25(31)28(24(22)30)16-12-10-15(27)11-13-16/h2-14,21-23,29H,1H3/t14-,21?,22-,23-,26?/m1/s1. The first-order chi connectivity index (χ1) is 15.0. The summed E-state index contributed by atoms with van der Waals surface area (Å²) in [6, 6.07) is 22.7. The minimum absolute atomic E-state index is 0.212. The zero-order valence-electron chi connectivity index (χ0n) is 16.8. The highest BCUT2D eigenvalue weighted by Gasteiger charge is 2.69. The Labute approximate surface area is 185 Å². The van der Waals surface area contributed by atoms with Crippen molar-refractivity contribution in [2.75, 3.05) is 4.90 Å². The number of aliphatic hydroxyl groups is 1. The van der Waals surface area contributed by atoms with Gasteiger partial charge in [0.25, 0.3) is 0 Å². The van der Waals surface area contributed by atoms with Crippen molar-refractivity contribution in [1.29, 1.82) is 0 Å². The Kier molecular flexibility index (Phi) is 3.81. The van der Waals surface area contributed by atoms with Crippen molar-refractivity contribution >= 4 is 29.1 Å². The molecule has 0 unspecified atom stereocenters. The molecule has 154 valence electrons. The maximum absolute atomic E-state index is 13.9. The van der Waals surface area contributed by atoms with E-state index in [1.807, 2.05) is 48.5 Å². The summed E-state index contributed by atoms with van der Waals surface area (Å²) in [4.78, 5) is 29.0. The Morgan fingerprint density at radius 3 is 1.97 bits per heavy atom. The van der Waals surface area contributed by atoms with Gasteiger partial charge in [-0.05, 0) is 53.4 Å². The zero-order chi connectivity index (χ0) is 21.5. The molecule has 5 heteroatoms. The van der Waals surface area contributed by atoms with E-state index in [0.717, 1.165) is 22.3 Å². The monoisotopic (exact) mass is 429 g/mol. The summed E-state index contributed by atoms with van der Waals surface area (Å²) in [6.07, 6.45) is -0.856. The number of rotatable bonds is 2. The fourth-order valence-corrected chi connectivity index (χ4v) is 6.51. The highest BCUT2D eigenvalue weighted by Crippen LogP contribution is 2.65. The van der Waals surface area contributed by atoms with Crippen molar-refractivity contribution in [2.45, 2.75) is 24.4 Å². The summed E-state index contributed by atoms with van der Waals surface area (Å²) in [7, 11) is 0. The number of hydrogen-bond donors (Lipinski definition) is 1. The quantitative estimate of drug-likeness (QED) is 0.619. The van der Waals surface area contributed by atoms with E-state index in [2.05, 4.69) is 0 Å². The van der Waals surface area contributed by atoms with E-state index in [1.165, 1.54) is 4.90 Å². The third-order valence-electron chi connectivity index (χ3n) is 7.43. The molecule has 1 N–H and O–H groups in total. The highest BCUT2D eigenvalue weighted by molar-refractivity contribution is 6.31. The van der Waals surface area contributed by atoms with Crippen LogP contribution in [-0.2, 0) is 15.0 Å². The van der Waals surface area contributed by atoms with Crippen molar-refractivity contribution in [3.05, 3.63) is 100 Å². The van der Waals surface area contributed by atoms with Gasteiger partial charge in [-0.1, -0.05) is 60.1 Å². The Morgan fingerprint density at radius 1 is 0.871 bits per heavy atom. The molecule has 0 aromatic heterocycles. The Bertz CT molecular complexity index is 1200. The molecule has 3 aliphatic carbocycles. The molecule has 1 fully saturated rings. The van der Waals surface area contributed by atoms with Crippen LogP contribution in [0.4, 0.5) is 5.69 Å². The number of carbonyl (C=O) groups excluding carboxylic acids is 2. The van der Waals surface area contributed by atoms with Gasteiger partial charge in [0, 0.05) is 10.9 Å². The predicted molar refractivity (Wildman–Crippen MR) is 118 cm³/mol. The van der Waals surface area contributed by atoms with Crippen molar-refractivity contribution in [3.63, 3.8) is 0 Å². The Morgan fingerprint density at radius 2 is 1.42 bits per heavy atom. The fraction of sp³-hybridized carbons (Fsp3) is 0.231. The average molecular weight is 430 g/mol. The molecule has 1 saturated heterocycles. The number of anilines is 1. The zero-order valence-corrected chi connectivity index (χ0v) is 17.6. The molecular formula is C26H20ClNO3. The summed E-state index contributed by atoms with van der Waals surface area (Å²) in [5, 5.41) is 11.8. The lowest BCUT2D eigenvalue weighted by Crippen LogP contribution is -2.58. The van der Waals surface area contributed by atoms with Crippen LogP contribution in [0.1, 0.15) is 35.1 Å². The Hall–Kier alpha value is -2.95. The minimum Gasteiger partial charge on any atom is -0.392 e. The van der Waals surface area contributed by atoms with Crippen LogP contribution in [-0.4, -0.2) is 23.0 Å². The smallest absolute Gasteiger partial charge is 0.239 e. The second-order valence-electron chi connectivity index (χ2n) is 8.69. The van der Waals surface area contributed by atoms with Gasteiger partial charge in [-0.3, -0.25) is 9.59 Å². The van der Waals surface area contributed by atoms with Crippen molar-refractivity contribution in [2.24, 2.45) is 11.8 Å². The van der Waals surface area contributed by atoms with Crippen molar-refractivity contribution in [3.8, 4) is 0 Å². The second-order valence-corrected chi connectivity index (χ2v) is 9.13. The minimum atomic E-state index is -0.972. The topological polar surface area (TPSA) is 57.6 Å². The van der Waals surface area contributed by atoms with Gasteiger partial charge in [0.15, 0.2) is 0 Å². The molecule has 1 heterocycles. The van der Waals surface area contributed by atoms with Gasteiger partial charge >= 0.3 is 0 Å². The van der Waals surface area contributed by atoms with Crippen LogP contribution in [0.25, 0.3) is 0 Å². The number of benzene rings is 3. The molecule has 3 aromatic rings. The molecule has 2 amide bonds. The summed E-state index contributed by atoms with van der Waals surface area (Å²) in [6.45, 7) is 1.74. The maximum Gasteiger partial charge on any atom is 0.239 e. The molecule has 0 saturated carbocycles. The molecule has 3 atom stereocenters. The largest absolute Gasteiger partial charge is 0.392 e. The molecule has 1 aliphatic heterocycles. The van der Waals surface area contributed by atoms with Gasteiger partial charge in [-0.15, -0.1) is 0 Å². The molecule has 0 spiro atoms. The lowest BCUT2D eigenvalue weighted by Gasteiger charge is -2.55. The molecule has 4 nitrogen and oxygen atoms in total. The maximum atomic E-state index is 13.9. The van der Waals surface area contributed by atoms with E-state index < -0.39 is 23.4 Å². The summed E-state index contributed by atoms with van der Waals surface area (Å²) < 4.78 is 0. The molecule has 7 rings (SSSR count). The van der Waals surface area contributed by atoms with E-state index in [0.29, 0.717) is 10.7 Å². The number of carbonyl (C=O) groups is 2. The lowest BCUT2D eigenvalue weighted by molar-refractivity contribution is -0.126. The number of nitrogens with zero attached hydrogens (tertiary/aromatic N) is 1. The van der Waals surface area contributed by atoms with Gasteiger partial charge in [-0.25, -0.2) is 4.90 Å². The molecule has 31 heavy (non-hydrogen) atoms. The third-order valence-corrected chi connectivity index (χ3v) is 7.68. The number of halogens is 1. The van der Waals surface area contributed by atoms with E-state index >= 15 is 0 Å². The van der Waals surface area contributed by atoms with Crippen molar-refractivity contribution < 1.29 is 14.7 Å². The van der Waals surface area contributed by atoms with Gasteiger partial charge in [-0.2, -0.15) is 0 Å². The van der Waals surface area contributed by atoms with Crippen molar-refractivity contribution in [1.82, 2.24) is 0 Å². The SMILES string of the molecule is C[C@@H](O)C12c3ccccc3C(c3ccccc31)[C@H]1C(=O)N(c3ccc(Cl)cc3)C(=O)[C@@H]12. The fourth-order valence-electron chi connectivity index (χ4n) is 6.38. The van der Waals surface area contributed by atoms with Crippen LogP contribution in [0.2, 0.25) is 5.02 Å². The van der Waals surface area contributed by atoms with Gasteiger partial charge in [0.05, 0.1) is 29.0 Å². The van der Waals surface area contributed by atoms with Crippen LogP contribution in [0.15, 0.2) is 72.8 Å². The number of amides is 2. The van der Waals surface area contributed by atoms with Crippen LogP contribution in [0.3, 0.4) is 0 Å². The molecule has 2 bridgehead atoms. The van der Waals surface area contributed by atoms with Crippen LogP contribution in [0.5, 0.6) is 0 Å². The first-order valence-corrected chi connectivity index (χ1v) is 10.9. The Balaban J connectivity index is 1.66. The van der Waals surface area contributed by atoms with E-state index in [-0.39, 0.29) is 17.7 Å². The molecule has 0 radical (unpaired) electrons. The lowest BCUT2D eigenvalue weighted by atomic mass is 9.46. The second kappa shape index (κ2) is 6.28. The van der Waals surface area contributed by atoms with E-state index in [1.54, 1.807) is 31.2 Å². The van der Waals surface area contributed by atoms with Gasteiger partial charge in [0.1, 0.15) is 0 Å². The predicted octanol–water partition coefficient (Wildman–Crippen LogP) is 4.27. The normalized spacial score (nSPS) is 28.9. The van der Waals surface area contributed by atoms with E-state index in [4.69, 9.17) is 11.6 Å². The first kappa shape index (κ1) is 18.8. The first-order valence-electron chi connectivity index (χ1n) is 10.5. The molecular weight excluding hydrogens is 410 g/mol. The summed E-state index contributed by atoms with van der Waals surface area (Å²) >= 11 is 6.03. The molecule has 3 aromatic carbocycles. The van der Waals surface area contributed by atoms with Gasteiger partial charge < -0.3 is 5.11 Å². The van der Waals surface area contributed by atoms with Gasteiger partial charge in [0.2, 0.25) is 11.8 Å². The summed E-state index contributed by atoms with van der Waals surface area (Å²) in [5.41, 5.74) is 3.51. The van der Waals surface area contributed by atoms with E-state index in [9.17, 15) is 14.7 Å². The summed E-state index contributed by atoms with van der Waals surface area (Å²) in [5.74, 6) is -1.90. The van der Waals surface area contributed by atoms with Crippen LogP contribution >= 0.6 is 11.6 Å².